The molecule has 0 aliphatic carbocycles. The van der Waals surface area contributed by atoms with Crippen molar-refractivity contribution in [1.29, 1.82) is 0 Å². The molecule has 0 amide bonds. The lowest BCUT2D eigenvalue weighted by Crippen LogP contribution is -2.36. The highest BCUT2D eigenvalue weighted by molar-refractivity contribution is 5.23. The third-order valence-electron chi connectivity index (χ3n) is 5.25. The van der Waals surface area contributed by atoms with E-state index < -0.39 is 0 Å². The number of rotatable bonds is 8. The van der Waals surface area contributed by atoms with E-state index in [0.717, 1.165) is 13.1 Å². The minimum atomic E-state index is -0.385. The van der Waals surface area contributed by atoms with E-state index in [2.05, 4.69) is 96.8 Å². The average molecular weight is 360 g/mol. The van der Waals surface area contributed by atoms with Crippen LogP contribution in [0.3, 0.4) is 0 Å². The Balaban J connectivity index is 1.98. The molecular weight excluding hydrogens is 330 g/mol. The molecule has 2 heteroatoms. The van der Waals surface area contributed by atoms with Crippen LogP contribution in [-0.4, -0.2) is 16.1 Å². The van der Waals surface area contributed by atoms with E-state index in [1.165, 1.54) is 16.7 Å². The van der Waals surface area contributed by atoms with Gasteiger partial charge >= 0.3 is 0 Å². The minimum absolute atomic E-state index is 0.111. The van der Waals surface area contributed by atoms with Gasteiger partial charge in [0.2, 0.25) is 0 Å². The van der Waals surface area contributed by atoms with Crippen molar-refractivity contribution in [3.8, 4) is 0 Å². The summed E-state index contributed by atoms with van der Waals surface area (Å²) in [5.41, 5.74) is 3.82. The molecule has 0 aliphatic rings. The highest BCUT2D eigenvalue weighted by Crippen LogP contribution is 2.33. The third kappa shape index (κ3) is 5.29. The predicted octanol–water partition coefficient (Wildman–Crippen LogP) is 5.45. The van der Waals surface area contributed by atoms with Gasteiger partial charge in [-0.3, -0.25) is 4.90 Å². The van der Waals surface area contributed by atoms with Crippen LogP contribution in [0.25, 0.3) is 0 Å². The highest BCUT2D eigenvalue weighted by atomic mass is 16.3. The first-order valence-corrected chi connectivity index (χ1v) is 9.70. The molecule has 0 aromatic heterocycles. The lowest BCUT2D eigenvalue weighted by Gasteiger charge is -2.37. The first-order chi connectivity index (χ1) is 13.1. The number of aliphatic hydroxyl groups is 1. The van der Waals surface area contributed by atoms with Gasteiger partial charge in [0, 0.05) is 25.0 Å². The van der Waals surface area contributed by atoms with Crippen LogP contribution in [0.1, 0.15) is 36.6 Å². The van der Waals surface area contributed by atoms with Crippen molar-refractivity contribution in [2.45, 2.75) is 39.1 Å². The zero-order valence-electron chi connectivity index (χ0n) is 16.2. The Hall–Kier alpha value is -2.42. The molecule has 2 nitrogen and oxygen atoms in total. The van der Waals surface area contributed by atoms with E-state index in [4.69, 9.17) is 0 Å². The van der Waals surface area contributed by atoms with Crippen LogP contribution in [0.5, 0.6) is 0 Å². The normalized spacial score (nSPS) is 14.7. The van der Waals surface area contributed by atoms with Crippen LogP contribution in [0.15, 0.2) is 91.0 Å². The summed E-state index contributed by atoms with van der Waals surface area (Å²) in [6.45, 7) is 5.72. The number of benzene rings is 3. The van der Waals surface area contributed by atoms with E-state index in [-0.39, 0.29) is 18.1 Å². The molecule has 0 spiro atoms. The van der Waals surface area contributed by atoms with Crippen LogP contribution in [0, 0.1) is 5.92 Å². The maximum Gasteiger partial charge on any atom is 0.0555 e. The fraction of sp³-hybridized carbons (Fsp3) is 0.280. The molecule has 27 heavy (non-hydrogen) atoms. The second-order valence-electron chi connectivity index (χ2n) is 7.33. The van der Waals surface area contributed by atoms with E-state index in [9.17, 15) is 5.11 Å². The SMILES string of the molecule is C[C@@H]([C@H](C)O)[C@H](c1ccccc1)N(Cc1ccccc1)Cc1ccccc1. The van der Waals surface area contributed by atoms with Crippen molar-refractivity contribution in [3.05, 3.63) is 108 Å². The Morgan fingerprint density at radius 2 is 1.07 bits per heavy atom. The summed E-state index contributed by atoms with van der Waals surface area (Å²) in [6, 6.07) is 31.9. The fourth-order valence-electron chi connectivity index (χ4n) is 3.65. The first-order valence-electron chi connectivity index (χ1n) is 9.70. The van der Waals surface area contributed by atoms with Gasteiger partial charge in [0.1, 0.15) is 0 Å². The van der Waals surface area contributed by atoms with Crippen molar-refractivity contribution < 1.29 is 5.11 Å². The van der Waals surface area contributed by atoms with Gasteiger partial charge in [-0.15, -0.1) is 0 Å². The summed E-state index contributed by atoms with van der Waals surface area (Å²) in [6.07, 6.45) is -0.385. The lowest BCUT2D eigenvalue weighted by molar-refractivity contribution is 0.0465. The Morgan fingerprint density at radius 3 is 1.48 bits per heavy atom. The van der Waals surface area contributed by atoms with Gasteiger partial charge in [-0.05, 0) is 23.6 Å². The van der Waals surface area contributed by atoms with Crippen LogP contribution in [0.2, 0.25) is 0 Å². The molecule has 0 aliphatic heterocycles. The number of hydrogen-bond acceptors (Lipinski definition) is 2. The van der Waals surface area contributed by atoms with Gasteiger partial charge < -0.3 is 5.11 Å². The standard InChI is InChI=1S/C25H29NO/c1-20(21(2)27)25(24-16-10-5-11-17-24)26(18-22-12-6-3-7-13-22)19-23-14-8-4-9-15-23/h3-17,20-21,25,27H,18-19H2,1-2H3/t20-,21-,25+/m0/s1. The van der Waals surface area contributed by atoms with Crippen LogP contribution in [0.4, 0.5) is 0 Å². The second kappa shape index (κ2) is 9.50. The van der Waals surface area contributed by atoms with Crippen molar-refractivity contribution in [1.82, 2.24) is 4.90 Å². The maximum atomic E-state index is 10.4. The molecule has 140 valence electrons. The molecule has 0 heterocycles. The van der Waals surface area contributed by atoms with Gasteiger partial charge in [-0.1, -0.05) is 97.9 Å². The summed E-state index contributed by atoms with van der Waals surface area (Å²) in [5, 5.41) is 10.4. The molecule has 3 aromatic rings. The molecule has 3 rings (SSSR count). The van der Waals surface area contributed by atoms with E-state index in [1.807, 2.05) is 13.0 Å². The Labute approximate surface area is 163 Å². The van der Waals surface area contributed by atoms with Crippen molar-refractivity contribution in [2.24, 2.45) is 5.92 Å². The maximum absolute atomic E-state index is 10.4. The van der Waals surface area contributed by atoms with E-state index >= 15 is 0 Å². The Morgan fingerprint density at radius 1 is 0.667 bits per heavy atom. The van der Waals surface area contributed by atoms with Gasteiger partial charge in [-0.25, -0.2) is 0 Å². The molecule has 3 aromatic carbocycles. The average Bonchev–Trinajstić information content (AvgIpc) is 2.70. The summed E-state index contributed by atoms with van der Waals surface area (Å²) in [5.74, 6) is 0.111. The molecule has 0 saturated carbocycles. The lowest BCUT2D eigenvalue weighted by atomic mass is 9.88. The Kier molecular flexibility index (Phi) is 6.80. The molecule has 3 atom stereocenters. The zero-order valence-corrected chi connectivity index (χ0v) is 16.2. The summed E-state index contributed by atoms with van der Waals surface area (Å²) in [4.78, 5) is 2.48. The second-order valence-corrected chi connectivity index (χ2v) is 7.33. The molecule has 1 N–H and O–H groups in total. The Bertz CT molecular complexity index is 745. The van der Waals surface area contributed by atoms with Gasteiger partial charge in [-0.2, -0.15) is 0 Å². The number of nitrogens with zero attached hydrogens (tertiary/aromatic N) is 1. The summed E-state index contributed by atoms with van der Waals surface area (Å²) < 4.78 is 0. The number of hydrogen-bond donors (Lipinski definition) is 1. The topological polar surface area (TPSA) is 23.5 Å². The summed E-state index contributed by atoms with van der Waals surface area (Å²) in [7, 11) is 0. The smallest absolute Gasteiger partial charge is 0.0555 e. The van der Waals surface area contributed by atoms with Crippen LogP contribution >= 0.6 is 0 Å². The largest absolute Gasteiger partial charge is 0.393 e. The highest BCUT2D eigenvalue weighted by Gasteiger charge is 2.29. The number of aliphatic hydroxyl groups excluding tert-OH is 1. The van der Waals surface area contributed by atoms with Gasteiger partial charge in [0.15, 0.2) is 0 Å². The summed E-state index contributed by atoms with van der Waals surface area (Å²) >= 11 is 0. The molecule has 0 unspecified atom stereocenters. The van der Waals surface area contributed by atoms with Gasteiger partial charge in [0.25, 0.3) is 0 Å². The van der Waals surface area contributed by atoms with Crippen molar-refractivity contribution in [3.63, 3.8) is 0 Å². The molecule has 0 fully saturated rings. The molecule has 0 saturated heterocycles. The van der Waals surface area contributed by atoms with E-state index in [1.54, 1.807) is 0 Å². The molecule has 0 radical (unpaired) electrons. The third-order valence-corrected chi connectivity index (χ3v) is 5.25. The fourth-order valence-corrected chi connectivity index (χ4v) is 3.65. The van der Waals surface area contributed by atoms with Crippen molar-refractivity contribution in [2.75, 3.05) is 0 Å². The zero-order chi connectivity index (χ0) is 19.1. The van der Waals surface area contributed by atoms with E-state index in [0.29, 0.717) is 0 Å². The minimum Gasteiger partial charge on any atom is -0.393 e. The van der Waals surface area contributed by atoms with Crippen molar-refractivity contribution >= 4 is 0 Å². The predicted molar refractivity (Wildman–Crippen MR) is 112 cm³/mol. The molecule has 0 bridgehead atoms. The quantitative estimate of drug-likeness (QED) is 0.578. The van der Waals surface area contributed by atoms with Crippen LogP contribution in [-0.2, 0) is 13.1 Å². The van der Waals surface area contributed by atoms with Gasteiger partial charge in [0.05, 0.1) is 6.10 Å². The molecular formula is C25H29NO. The monoisotopic (exact) mass is 359 g/mol. The van der Waals surface area contributed by atoms with Crippen LogP contribution < -0.4 is 0 Å². The first kappa shape index (κ1) is 19.3.